The molecule has 0 spiro atoms. The van der Waals surface area contributed by atoms with Gasteiger partial charge in [0.2, 0.25) is 0 Å². The summed E-state index contributed by atoms with van der Waals surface area (Å²) in [5.41, 5.74) is 4.15. The minimum Gasteiger partial charge on any atom is -0.497 e. The van der Waals surface area contributed by atoms with Crippen molar-refractivity contribution in [2.45, 2.75) is 26.1 Å². The number of aromatic nitrogens is 1. The van der Waals surface area contributed by atoms with Crippen LogP contribution in [-0.4, -0.2) is 30.5 Å². The quantitative estimate of drug-likeness (QED) is 0.405. The number of ether oxygens (including phenoxy) is 2. The second-order valence-electron chi connectivity index (χ2n) is 7.51. The van der Waals surface area contributed by atoms with E-state index in [2.05, 4.69) is 39.1 Å². The van der Waals surface area contributed by atoms with Crippen molar-refractivity contribution in [2.75, 3.05) is 30.5 Å². The third-order valence-corrected chi connectivity index (χ3v) is 5.39. The molecule has 1 aliphatic rings. The Morgan fingerprint density at radius 3 is 2.77 bits per heavy atom. The number of fused-ring (bicyclic) bond motifs is 1. The first-order chi connectivity index (χ1) is 15.2. The van der Waals surface area contributed by atoms with Gasteiger partial charge >= 0.3 is 0 Å². The van der Waals surface area contributed by atoms with Crippen LogP contribution in [0.25, 0.3) is 0 Å². The first kappa shape index (κ1) is 21.0. The summed E-state index contributed by atoms with van der Waals surface area (Å²) in [7, 11) is 1.68. The Bertz CT molecular complexity index is 1010. The van der Waals surface area contributed by atoms with Gasteiger partial charge in [-0.2, -0.15) is 0 Å². The van der Waals surface area contributed by atoms with Crippen molar-refractivity contribution >= 4 is 11.5 Å². The molecule has 1 atom stereocenters. The average molecular weight is 421 g/mol. The van der Waals surface area contributed by atoms with Crippen molar-refractivity contribution in [1.82, 2.24) is 4.98 Å². The zero-order valence-corrected chi connectivity index (χ0v) is 17.7. The summed E-state index contributed by atoms with van der Waals surface area (Å²) in [6, 6.07) is 18.0. The molecule has 0 radical (unpaired) electrons. The molecule has 4 rings (SSSR count). The van der Waals surface area contributed by atoms with Crippen LogP contribution in [0.1, 0.15) is 29.7 Å². The largest absolute Gasteiger partial charge is 0.497 e. The van der Waals surface area contributed by atoms with E-state index < -0.39 is 0 Å². The lowest BCUT2D eigenvalue weighted by atomic mass is 10.1. The molecule has 2 heterocycles. The van der Waals surface area contributed by atoms with Crippen molar-refractivity contribution in [3.63, 3.8) is 0 Å². The fourth-order valence-electron chi connectivity index (χ4n) is 3.76. The summed E-state index contributed by atoms with van der Waals surface area (Å²) < 4.78 is 11.3. The highest BCUT2D eigenvalue weighted by Gasteiger charge is 2.24. The zero-order chi connectivity index (χ0) is 21.6. The molecule has 1 unspecified atom stereocenters. The van der Waals surface area contributed by atoms with E-state index in [0.717, 1.165) is 52.8 Å². The molecule has 0 saturated carbocycles. The number of anilines is 2. The van der Waals surface area contributed by atoms with Crippen molar-refractivity contribution in [3.8, 4) is 11.5 Å². The van der Waals surface area contributed by atoms with Crippen molar-refractivity contribution in [2.24, 2.45) is 0 Å². The van der Waals surface area contributed by atoms with Crippen LogP contribution in [0.3, 0.4) is 0 Å². The highest BCUT2D eigenvalue weighted by Crippen LogP contribution is 2.39. The van der Waals surface area contributed by atoms with Crippen molar-refractivity contribution < 1.29 is 19.6 Å². The molecule has 1 aliphatic heterocycles. The summed E-state index contributed by atoms with van der Waals surface area (Å²) in [6.45, 7) is 4.40. The second-order valence-corrected chi connectivity index (χ2v) is 7.51. The molecular weight excluding hydrogens is 394 g/mol. The molecule has 2 aromatic carbocycles. The zero-order valence-electron chi connectivity index (χ0n) is 17.7. The van der Waals surface area contributed by atoms with E-state index in [1.807, 2.05) is 42.5 Å². The molecule has 7 heteroatoms. The molecule has 0 amide bonds. The summed E-state index contributed by atoms with van der Waals surface area (Å²) in [4.78, 5) is 11.1. The van der Waals surface area contributed by atoms with Gasteiger partial charge < -0.3 is 19.7 Å². The van der Waals surface area contributed by atoms with E-state index in [1.54, 1.807) is 13.3 Å². The van der Waals surface area contributed by atoms with Gasteiger partial charge in [-0.25, -0.2) is 9.87 Å². The van der Waals surface area contributed by atoms with E-state index >= 15 is 0 Å². The van der Waals surface area contributed by atoms with Gasteiger partial charge in [0.15, 0.2) is 5.82 Å². The number of benzene rings is 2. The van der Waals surface area contributed by atoms with Crippen LogP contribution in [0.2, 0.25) is 0 Å². The molecular formula is C24H27N3O4. The Hall–Kier alpha value is -3.29. The molecule has 0 aliphatic carbocycles. The number of pyridine rings is 1. The molecule has 7 nitrogen and oxygen atoms in total. The molecule has 0 bridgehead atoms. The normalized spacial score (nSPS) is 13.8. The van der Waals surface area contributed by atoms with Gasteiger partial charge in [0.25, 0.3) is 0 Å². The van der Waals surface area contributed by atoms with E-state index in [9.17, 15) is 0 Å². The number of nitrogens with one attached hydrogen (secondary N) is 1. The van der Waals surface area contributed by atoms with Crippen LogP contribution in [0, 0.1) is 0 Å². The average Bonchev–Trinajstić information content (AvgIpc) is 2.80. The van der Waals surface area contributed by atoms with Crippen molar-refractivity contribution in [1.29, 1.82) is 0 Å². The number of hydrogen-bond donors (Lipinski definition) is 2. The second kappa shape index (κ2) is 9.68. The lowest BCUT2D eigenvalue weighted by molar-refractivity contribution is -0.253. The minimum absolute atomic E-state index is 0.0312. The fourth-order valence-corrected chi connectivity index (χ4v) is 3.76. The monoisotopic (exact) mass is 421 g/mol. The number of rotatable bonds is 8. The van der Waals surface area contributed by atoms with Crippen LogP contribution in [0.5, 0.6) is 11.5 Å². The van der Waals surface area contributed by atoms with Gasteiger partial charge in [0.1, 0.15) is 30.4 Å². The molecule has 162 valence electrons. The van der Waals surface area contributed by atoms with E-state index in [-0.39, 0.29) is 12.6 Å². The molecule has 31 heavy (non-hydrogen) atoms. The summed E-state index contributed by atoms with van der Waals surface area (Å²) >= 11 is 0. The van der Waals surface area contributed by atoms with Gasteiger partial charge in [-0.05, 0) is 35.7 Å². The van der Waals surface area contributed by atoms with Crippen LogP contribution < -0.4 is 19.7 Å². The first-order valence-corrected chi connectivity index (χ1v) is 10.3. The van der Waals surface area contributed by atoms with Gasteiger partial charge in [0, 0.05) is 18.8 Å². The third-order valence-electron chi connectivity index (χ3n) is 5.39. The number of nitrogens with zero attached hydrogens (tertiary/aromatic N) is 2. The Labute approximate surface area is 182 Å². The lowest BCUT2D eigenvalue weighted by Gasteiger charge is -2.33. The molecule has 2 N–H and O–H groups in total. The van der Waals surface area contributed by atoms with E-state index in [0.29, 0.717) is 6.61 Å². The summed E-state index contributed by atoms with van der Waals surface area (Å²) in [5, 5.41) is 12.2. The summed E-state index contributed by atoms with van der Waals surface area (Å²) in [6.07, 6.45) is 1.77. The summed E-state index contributed by atoms with van der Waals surface area (Å²) in [5.74, 6) is 2.46. The Kier molecular flexibility index (Phi) is 6.54. The van der Waals surface area contributed by atoms with Crippen molar-refractivity contribution in [3.05, 3.63) is 77.5 Å². The highest BCUT2D eigenvalue weighted by atomic mass is 17.1. The van der Waals surface area contributed by atoms with Crippen LogP contribution >= 0.6 is 0 Å². The third kappa shape index (κ3) is 4.90. The molecule has 3 aromatic rings. The standard InChI is InChI=1S/C24H27N3O4/c1-17(20-8-6-18(7-9-20)16-31-28)26-24-23-22(10-11-25-24)30-13-12-27(23)15-19-4-3-5-21(14-19)29-2/h3-11,14,17,28H,12-13,15-16H2,1-2H3,(H,25,26). The Morgan fingerprint density at radius 2 is 2.00 bits per heavy atom. The maximum Gasteiger partial charge on any atom is 0.153 e. The van der Waals surface area contributed by atoms with Crippen LogP contribution in [0.4, 0.5) is 11.5 Å². The predicted molar refractivity (Wildman–Crippen MR) is 120 cm³/mol. The molecule has 0 fully saturated rings. The first-order valence-electron chi connectivity index (χ1n) is 10.3. The predicted octanol–water partition coefficient (Wildman–Crippen LogP) is 4.65. The number of methoxy groups -OCH3 is 1. The van der Waals surface area contributed by atoms with Gasteiger partial charge in [0.05, 0.1) is 19.7 Å². The van der Waals surface area contributed by atoms with Gasteiger partial charge in [-0.1, -0.05) is 36.4 Å². The molecule has 0 saturated heterocycles. The maximum absolute atomic E-state index is 8.62. The topological polar surface area (TPSA) is 76.1 Å². The van der Waals surface area contributed by atoms with Crippen LogP contribution in [-0.2, 0) is 18.0 Å². The Balaban J connectivity index is 1.57. The van der Waals surface area contributed by atoms with Crippen LogP contribution in [0.15, 0.2) is 60.8 Å². The van der Waals surface area contributed by atoms with Gasteiger partial charge in [-0.15, -0.1) is 0 Å². The smallest absolute Gasteiger partial charge is 0.153 e. The maximum atomic E-state index is 8.62. The molecule has 1 aromatic heterocycles. The number of hydrogen-bond acceptors (Lipinski definition) is 7. The minimum atomic E-state index is 0.0312. The van der Waals surface area contributed by atoms with Gasteiger partial charge in [-0.3, -0.25) is 5.26 Å². The highest BCUT2D eigenvalue weighted by molar-refractivity contribution is 5.74. The lowest BCUT2D eigenvalue weighted by Crippen LogP contribution is -2.33. The van der Waals surface area contributed by atoms with E-state index in [1.165, 1.54) is 0 Å². The SMILES string of the molecule is COc1cccc(CN2CCOc3ccnc(NC(C)c4ccc(COO)cc4)c32)c1. The van der Waals surface area contributed by atoms with E-state index in [4.69, 9.17) is 14.7 Å². The Morgan fingerprint density at radius 1 is 1.16 bits per heavy atom. The fraction of sp³-hybridized carbons (Fsp3) is 0.292.